The highest BCUT2D eigenvalue weighted by molar-refractivity contribution is 5.95. The normalized spacial score (nSPS) is 10.5. The molecule has 36 heavy (non-hydrogen) atoms. The van der Waals surface area contributed by atoms with Gasteiger partial charge in [0.05, 0.1) is 25.4 Å². The van der Waals surface area contributed by atoms with Crippen LogP contribution in [0, 0.1) is 10.1 Å². The molecule has 0 spiro atoms. The SMILES string of the molecule is C=CCOc1ccc(C(=O)N/N=C/c2ccc(OCc3ccc([N+](=O)[O-])cc3)c(OC)c2)cc1OC. The number of carbonyl (C=O) groups excluding carboxylic acids is 1. The number of methoxy groups -OCH3 is 2. The molecule has 0 radical (unpaired) electrons. The first-order valence-corrected chi connectivity index (χ1v) is 10.7. The van der Waals surface area contributed by atoms with Crippen molar-refractivity contribution < 1.29 is 28.7 Å². The molecule has 0 fully saturated rings. The molecule has 1 N–H and O–H groups in total. The fraction of sp³-hybridized carbons (Fsp3) is 0.154. The first-order chi connectivity index (χ1) is 17.4. The van der Waals surface area contributed by atoms with Crippen LogP contribution in [0.2, 0.25) is 0 Å². The molecule has 0 saturated carbocycles. The fourth-order valence-electron chi connectivity index (χ4n) is 3.07. The predicted molar refractivity (Wildman–Crippen MR) is 134 cm³/mol. The lowest BCUT2D eigenvalue weighted by Crippen LogP contribution is -2.17. The lowest BCUT2D eigenvalue weighted by atomic mass is 10.2. The quantitative estimate of drug-likeness (QED) is 0.171. The van der Waals surface area contributed by atoms with Crippen molar-refractivity contribution in [3.63, 3.8) is 0 Å². The third-order valence-corrected chi connectivity index (χ3v) is 4.89. The first kappa shape index (κ1) is 25.8. The summed E-state index contributed by atoms with van der Waals surface area (Å²) in [4.78, 5) is 22.8. The van der Waals surface area contributed by atoms with Crippen LogP contribution in [0.15, 0.2) is 78.4 Å². The molecule has 0 aliphatic carbocycles. The molecule has 0 aliphatic rings. The molecule has 10 nitrogen and oxygen atoms in total. The van der Waals surface area contributed by atoms with Gasteiger partial charge in [-0.3, -0.25) is 14.9 Å². The lowest BCUT2D eigenvalue weighted by molar-refractivity contribution is -0.384. The number of hydrazone groups is 1. The summed E-state index contributed by atoms with van der Waals surface area (Å²) in [5.74, 6) is 1.45. The lowest BCUT2D eigenvalue weighted by Gasteiger charge is -2.11. The standard InChI is InChI=1S/C26H25N3O7/c1-4-13-35-22-12-8-20(15-25(22)34-3)26(30)28-27-16-19-7-11-23(24(14-19)33-2)36-17-18-5-9-21(10-6-18)29(31)32/h4-12,14-16H,1,13,17H2,2-3H3,(H,28,30)/b27-16+. The van der Waals surface area contributed by atoms with E-state index in [1.165, 1.54) is 32.6 Å². The second-order valence-electron chi connectivity index (χ2n) is 7.29. The van der Waals surface area contributed by atoms with Crippen molar-refractivity contribution in [2.45, 2.75) is 6.61 Å². The van der Waals surface area contributed by atoms with Gasteiger partial charge in [-0.2, -0.15) is 5.10 Å². The largest absolute Gasteiger partial charge is 0.493 e. The summed E-state index contributed by atoms with van der Waals surface area (Å²) in [6.07, 6.45) is 3.08. The molecule has 186 valence electrons. The summed E-state index contributed by atoms with van der Waals surface area (Å²) < 4.78 is 21.9. The van der Waals surface area contributed by atoms with Crippen molar-refractivity contribution in [2.75, 3.05) is 20.8 Å². The van der Waals surface area contributed by atoms with Gasteiger partial charge in [0.25, 0.3) is 11.6 Å². The minimum atomic E-state index is -0.455. The van der Waals surface area contributed by atoms with E-state index in [-0.39, 0.29) is 12.3 Å². The third kappa shape index (κ3) is 6.83. The van der Waals surface area contributed by atoms with Gasteiger partial charge >= 0.3 is 0 Å². The molecule has 0 saturated heterocycles. The number of nitro groups is 1. The Balaban J connectivity index is 1.61. The number of hydrogen-bond donors (Lipinski definition) is 1. The Morgan fingerprint density at radius 2 is 1.64 bits per heavy atom. The van der Waals surface area contributed by atoms with Crippen molar-refractivity contribution in [3.05, 3.63) is 100 Å². The van der Waals surface area contributed by atoms with E-state index in [1.807, 2.05) is 0 Å². The van der Waals surface area contributed by atoms with Crippen LogP contribution < -0.4 is 24.4 Å². The van der Waals surface area contributed by atoms with Gasteiger partial charge in [0.2, 0.25) is 0 Å². The predicted octanol–water partition coefficient (Wildman–Crippen LogP) is 4.52. The first-order valence-electron chi connectivity index (χ1n) is 10.7. The Bertz CT molecular complexity index is 1260. The zero-order valence-electron chi connectivity index (χ0n) is 19.8. The van der Waals surface area contributed by atoms with Crippen LogP contribution in [0.1, 0.15) is 21.5 Å². The van der Waals surface area contributed by atoms with Crippen LogP contribution in [0.25, 0.3) is 0 Å². The Hall–Kier alpha value is -4.86. The minimum absolute atomic E-state index is 0.0146. The molecule has 0 aromatic heterocycles. The maximum Gasteiger partial charge on any atom is 0.271 e. The molecule has 1 amide bonds. The van der Waals surface area contributed by atoms with Crippen molar-refractivity contribution in [2.24, 2.45) is 5.10 Å². The molecular formula is C26H25N3O7. The zero-order valence-corrected chi connectivity index (χ0v) is 19.8. The number of non-ortho nitro benzene ring substituents is 1. The number of hydrogen-bond acceptors (Lipinski definition) is 8. The van der Waals surface area contributed by atoms with Crippen LogP contribution in [-0.2, 0) is 6.61 Å². The topological polar surface area (TPSA) is 122 Å². The van der Waals surface area contributed by atoms with Gasteiger partial charge in [0.15, 0.2) is 23.0 Å². The summed E-state index contributed by atoms with van der Waals surface area (Å²) in [6.45, 7) is 4.12. The molecular weight excluding hydrogens is 466 g/mol. The highest BCUT2D eigenvalue weighted by atomic mass is 16.6. The highest BCUT2D eigenvalue weighted by Crippen LogP contribution is 2.29. The molecule has 3 aromatic carbocycles. The average Bonchev–Trinajstić information content (AvgIpc) is 2.91. The van der Waals surface area contributed by atoms with Crippen molar-refractivity contribution in [3.8, 4) is 23.0 Å². The van der Waals surface area contributed by atoms with Crippen molar-refractivity contribution in [1.29, 1.82) is 0 Å². The molecule has 0 aliphatic heterocycles. The molecule has 0 heterocycles. The van der Waals surface area contributed by atoms with E-state index in [0.717, 1.165) is 5.56 Å². The fourth-order valence-corrected chi connectivity index (χ4v) is 3.07. The van der Waals surface area contributed by atoms with Gasteiger partial charge in [0, 0.05) is 17.7 Å². The molecule has 0 atom stereocenters. The van der Waals surface area contributed by atoms with Crippen LogP contribution in [0.4, 0.5) is 5.69 Å². The second-order valence-corrected chi connectivity index (χ2v) is 7.29. The number of ether oxygens (including phenoxy) is 4. The second kappa shape index (κ2) is 12.6. The number of rotatable bonds is 12. The van der Waals surface area contributed by atoms with E-state index in [0.29, 0.717) is 40.7 Å². The Morgan fingerprint density at radius 3 is 2.31 bits per heavy atom. The van der Waals surface area contributed by atoms with Crippen LogP contribution >= 0.6 is 0 Å². The smallest absolute Gasteiger partial charge is 0.271 e. The maximum atomic E-state index is 12.5. The number of nitro benzene ring substituents is 1. The molecule has 10 heteroatoms. The van der Waals surface area contributed by atoms with Crippen LogP contribution in [0.5, 0.6) is 23.0 Å². The van der Waals surface area contributed by atoms with Gasteiger partial charge in [-0.1, -0.05) is 12.7 Å². The third-order valence-electron chi connectivity index (χ3n) is 4.89. The molecule has 0 unspecified atom stereocenters. The number of amides is 1. The summed E-state index contributed by atoms with van der Waals surface area (Å²) in [6, 6.07) is 16.1. The number of nitrogens with one attached hydrogen (secondary N) is 1. The van der Waals surface area contributed by atoms with E-state index >= 15 is 0 Å². The summed E-state index contributed by atoms with van der Waals surface area (Å²) >= 11 is 0. The van der Waals surface area contributed by atoms with E-state index < -0.39 is 10.8 Å². The van der Waals surface area contributed by atoms with E-state index in [2.05, 4.69) is 17.1 Å². The van der Waals surface area contributed by atoms with Gasteiger partial charge in [-0.25, -0.2) is 5.43 Å². The molecule has 0 bridgehead atoms. The Kier molecular flexibility index (Phi) is 8.99. The Morgan fingerprint density at radius 1 is 0.972 bits per heavy atom. The van der Waals surface area contributed by atoms with Gasteiger partial charge in [0.1, 0.15) is 13.2 Å². The summed E-state index contributed by atoms with van der Waals surface area (Å²) in [5, 5.41) is 14.8. The zero-order chi connectivity index (χ0) is 25.9. The van der Waals surface area contributed by atoms with E-state index in [1.54, 1.807) is 54.6 Å². The van der Waals surface area contributed by atoms with Crippen molar-refractivity contribution in [1.82, 2.24) is 5.43 Å². The maximum absolute atomic E-state index is 12.5. The van der Waals surface area contributed by atoms with Crippen LogP contribution in [-0.4, -0.2) is 37.9 Å². The van der Waals surface area contributed by atoms with Gasteiger partial charge in [-0.15, -0.1) is 0 Å². The van der Waals surface area contributed by atoms with Gasteiger partial charge in [-0.05, 0) is 59.7 Å². The number of nitrogens with zero attached hydrogens (tertiary/aromatic N) is 2. The summed E-state index contributed by atoms with van der Waals surface area (Å²) in [5.41, 5.74) is 4.27. The average molecular weight is 492 g/mol. The van der Waals surface area contributed by atoms with Gasteiger partial charge < -0.3 is 18.9 Å². The van der Waals surface area contributed by atoms with Crippen LogP contribution in [0.3, 0.4) is 0 Å². The minimum Gasteiger partial charge on any atom is -0.493 e. The number of benzene rings is 3. The van der Waals surface area contributed by atoms with Crippen molar-refractivity contribution >= 4 is 17.8 Å². The monoisotopic (exact) mass is 491 g/mol. The molecule has 3 aromatic rings. The highest BCUT2D eigenvalue weighted by Gasteiger charge is 2.11. The number of carbonyl (C=O) groups is 1. The van der Waals surface area contributed by atoms with E-state index in [4.69, 9.17) is 18.9 Å². The summed E-state index contributed by atoms with van der Waals surface area (Å²) in [7, 11) is 3.00. The van der Waals surface area contributed by atoms with E-state index in [9.17, 15) is 14.9 Å². The Labute approximate surface area is 207 Å². The molecule has 3 rings (SSSR count).